The lowest BCUT2D eigenvalue weighted by Crippen LogP contribution is -2.05. The highest BCUT2D eigenvalue weighted by Crippen LogP contribution is 2.23. The zero-order chi connectivity index (χ0) is 17.1. The summed E-state index contributed by atoms with van der Waals surface area (Å²) in [6.45, 7) is 2.46. The maximum Gasteiger partial charge on any atom is 0.130 e. The molecule has 0 aliphatic heterocycles. The van der Waals surface area contributed by atoms with Crippen LogP contribution in [0.15, 0.2) is 71.6 Å². The van der Waals surface area contributed by atoms with Gasteiger partial charge in [-0.1, -0.05) is 18.2 Å². The minimum absolute atomic E-state index is 0.464. The quantitative estimate of drug-likeness (QED) is 0.516. The number of benzene rings is 2. The van der Waals surface area contributed by atoms with Gasteiger partial charge in [-0.3, -0.25) is 0 Å². The van der Waals surface area contributed by atoms with Gasteiger partial charge in [0.1, 0.15) is 12.4 Å². The lowest BCUT2D eigenvalue weighted by atomic mass is 10.2. The van der Waals surface area contributed by atoms with Gasteiger partial charge >= 0.3 is 0 Å². The van der Waals surface area contributed by atoms with Crippen molar-refractivity contribution in [1.82, 2.24) is 14.8 Å². The molecule has 4 aromatic rings. The van der Waals surface area contributed by atoms with E-state index in [1.165, 1.54) is 0 Å². The molecule has 0 atom stereocenters. The van der Waals surface area contributed by atoms with Crippen molar-refractivity contribution >= 4 is 11.3 Å². The molecule has 0 unspecified atom stereocenters. The molecule has 2 heterocycles. The number of nitrogens with zero attached hydrogens (tertiary/aromatic N) is 3. The molecule has 0 radical (unpaired) electrons. The van der Waals surface area contributed by atoms with Crippen LogP contribution in [0.1, 0.15) is 11.4 Å². The molecule has 0 bridgehead atoms. The Balaban J connectivity index is 1.50. The summed E-state index contributed by atoms with van der Waals surface area (Å²) in [5.74, 6) is 0.831. The van der Waals surface area contributed by atoms with Gasteiger partial charge < -0.3 is 4.74 Å². The van der Waals surface area contributed by atoms with Gasteiger partial charge in [0.25, 0.3) is 0 Å². The van der Waals surface area contributed by atoms with Crippen molar-refractivity contribution < 1.29 is 4.74 Å². The fraction of sp³-hybridized carbons (Fsp3) is 0.100. The first-order chi connectivity index (χ1) is 12.3. The fourth-order valence-electron chi connectivity index (χ4n) is 2.68. The summed E-state index contributed by atoms with van der Waals surface area (Å²) < 4.78 is 7.89. The summed E-state index contributed by atoms with van der Waals surface area (Å²) in [6.07, 6.45) is 0. The predicted molar refractivity (Wildman–Crippen MR) is 100 cm³/mol. The van der Waals surface area contributed by atoms with E-state index in [1.54, 1.807) is 11.3 Å². The first-order valence-electron chi connectivity index (χ1n) is 8.02. The topological polar surface area (TPSA) is 39.9 Å². The average molecular weight is 347 g/mol. The molecule has 4 nitrogen and oxygen atoms in total. The van der Waals surface area contributed by atoms with E-state index in [0.717, 1.165) is 34.1 Å². The normalized spacial score (nSPS) is 10.8. The van der Waals surface area contributed by atoms with Gasteiger partial charge in [0.05, 0.1) is 28.3 Å². The van der Waals surface area contributed by atoms with Crippen molar-refractivity contribution in [3.8, 4) is 22.7 Å². The molecule has 0 spiro atoms. The molecule has 0 aliphatic carbocycles. The van der Waals surface area contributed by atoms with Crippen LogP contribution in [-0.2, 0) is 6.61 Å². The summed E-state index contributed by atoms with van der Waals surface area (Å²) >= 11 is 1.60. The van der Waals surface area contributed by atoms with Crippen molar-refractivity contribution in [1.29, 1.82) is 0 Å². The highest BCUT2D eigenvalue weighted by atomic mass is 32.1. The molecular weight excluding hydrogens is 330 g/mol. The van der Waals surface area contributed by atoms with E-state index in [4.69, 9.17) is 4.74 Å². The van der Waals surface area contributed by atoms with Crippen LogP contribution in [0.25, 0.3) is 16.9 Å². The SMILES string of the molecule is Cc1cc(COc2ccc(-c3cscn3)cc2)n(-c2ccccc2)n1. The molecule has 2 aromatic carbocycles. The van der Waals surface area contributed by atoms with Crippen LogP contribution in [0.3, 0.4) is 0 Å². The Bertz CT molecular complexity index is 945. The lowest BCUT2D eigenvalue weighted by Gasteiger charge is -2.09. The molecule has 0 saturated carbocycles. The van der Waals surface area contributed by atoms with Crippen LogP contribution in [0.2, 0.25) is 0 Å². The second-order valence-electron chi connectivity index (χ2n) is 5.71. The second-order valence-corrected chi connectivity index (χ2v) is 6.43. The van der Waals surface area contributed by atoms with E-state index in [2.05, 4.69) is 16.1 Å². The zero-order valence-electron chi connectivity index (χ0n) is 13.8. The monoisotopic (exact) mass is 347 g/mol. The summed E-state index contributed by atoms with van der Waals surface area (Å²) in [4.78, 5) is 4.32. The standard InChI is InChI=1S/C20H17N3OS/c1-15-11-18(23(22-15)17-5-3-2-4-6-17)12-24-19-9-7-16(8-10-19)20-13-25-14-21-20/h2-11,13-14H,12H2,1H3. The Morgan fingerprint density at radius 1 is 1.04 bits per heavy atom. The van der Waals surface area contributed by atoms with Crippen LogP contribution in [-0.4, -0.2) is 14.8 Å². The number of para-hydroxylation sites is 1. The predicted octanol–water partition coefficient (Wildman–Crippen LogP) is 4.88. The average Bonchev–Trinajstić information content (AvgIpc) is 3.31. The smallest absolute Gasteiger partial charge is 0.130 e. The minimum Gasteiger partial charge on any atom is -0.487 e. The molecule has 0 fully saturated rings. The summed E-state index contributed by atoms with van der Waals surface area (Å²) in [5, 5.41) is 6.61. The minimum atomic E-state index is 0.464. The van der Waals surface area contributed by atoms with Gasteiger partial charge in [-0.05, 0) is 49.4 Å². The molecule has 5 heteroatoms. The van der Waals surface area contributed by atoms with E-state index < -0.39 is 0 Å². The summed E-state index contributed by atoms with van der Waals surface area (Å²) in [5.41, 5.74) is 6.96. The molecule has 0 amide bonds. The molecule has 0 saturated heterocycles. The van der Waals surface area contributed by atoms with E-state index in [-0.39, 0.29) is 0 Å². The van der Waals surface area contributed by atoms with Crippen LogP contribution >= 0.6 is 11.3 Å². The summed E-state index contributed by atoms with van der Waals surface area (Å²) in [7, 11) is 0. The molecule has 4 rings (SSSR count). The number of aromatic nitrogens is 3. The first kappa shape index (κ1) is 15.6. The van der Waals surface area contributed by atoms with Crippen LogP contribution < -0.4 is 4.74 Å². The Morgan fingerprint density at radius 2 is 1.84 bits per heavy atom. The maximum absolute atomic E-state index is 5.96. The van der Waals surface area contributed by atoms with Gasteiger partial charge in [-0.2, -0.15) is 5.10 Å². The molecule has 124 valence electrons. The van der Waals surface area contributed by atoms with Crippen molar-refractivity contribution in [2.75, 3.05) is 0 Å². The van der Waals surface area contributed by atoms with Crippen LogP contribution in [0, 0.1) is 6.92 Å². The molecule has 25 heavy (non-hydrogen) atoms. The Hall–Kier alpha value is -2.92. The van der Waals surface area contributed by atoms with Crippen molar-refractivity contribution in [3.05, 3.63) is 82.9 Å². The largest absolute Gasteiger partial charge is 0.487 e. The lowest BCUT2D eigenvalue weighted by molar-refractivity contribution is 0.297. The highest BCUT2D eigenvalue weighted by Gasteiger charge is 2.08. The number of hydrogen-bond donors (Lipinski definition) is 0. The first-order valence-corrected chi connectivity index (χ1v) is 8.96. The van der Waals surface area contributed by atoms with Gasteiger partial charge in [0.15, 0.2) is 0 Å². The van der Waals surface area contributed by atoms with Crippen molar-refractivity contribution in [2.45, 2.75) is 13.5 Å². The third-order valence-electron chi connectivity index (χ3n) is 3.88. The van der Waals surface area contributed by atoms with Gasteiger partial charge in [-0.15, -0.1) is 11.3 Å². The molecule has 0 aliphatic rings. The van der Waals surface area contributed by atoms with E-state index >= 15 is 0 Å². The van der Waals surface area contributed by atoms with Gasteiger partial charge in [0.2, 0.25) is 0 Å². The highest BCUT2D eigenvalue weighted by molar-refractivity contribution is 7.07. The van der Waals surface area contributed by atoms with Gasteiger partial charge in [0, 0.05) is 10.9 Å². The number of hydrogen-bond acceptors (Lipinski definition) is 4. The van der Waals surface area contributed by atoms with E-state index in [9.17, 15) is 0 Å². The zero-order valence-corrected chi connectivity index (χ0v) is 14.6. The third-order valence-corrected chi connectivity index (χ3v) is 4.46. The Kier molecular flexibility index (Phi) is 4.31. The van der Waals surface area contributed by atoms with Gasteiger partial charge in [-0.25, -0.2) is 9.67 Å². The van der Waals surface area contributed by atoms with Crippen LogP contribution in [0.5, 0.6) is 5.75 Å². The number of thiazole rings is 1. The van der Waals surface area contributed by atoms with Crippen molar-refractivity contribution in [3.63, 3.8) is 0 Å². The summed E-state index contributed by atoms with van der Waals surface area (Å²) in [6, 6.07) is 20.2. The maximum atomic E-state index is 5.96. The van der Waals surface area contributed by atoms with E-state index in [0.29, 0.717) is 6.61 Å². The number of aryl methyl sites for hydroxylation is 1. The Morgan fingerprint density at radius 3 is 2.56 bits per heavy atom. The molecule has 0 N–H and O–H groups in total. The third kappa shape index (κ3) is 3.46. The fourth-order valence-corrected chi connectivity index (χ4v) is 3.24. The number of rotatable bonds is 5. The van der Waals surface area contributed by atoms with E-state index in [1.807, 2.05) is 77.1 Å². The second kappa shape index (κ2) is 6.91. The molecule has 2 aromatic heterocycles. The number of ether oxygens (including phenoxy) is 1. The molecular formula is C20H17N3OS. The Labute approximate surface area is 150 Å². The van der Waals surface area contributed by atoms with Crippen molar-refractivity contribution in [2.24, 2.45) is 0 Å². The van der Waals surface area contributed by atoms with Crippen LogP contribution in [0.4, 0.5) is 0 Å².